The number of nitrogens with two attached hydrogens (primary N) is 1. The molecule has 4 heteroatoms. The minimum atomic E-state index is -0.434. The molecular formula is C10H12N2O2. The number of aryl methyl sites for hydroxylation is 1. The van der Waals surface area contributed by atoms with Crippen molar-refractivity contribution in [3.05, 3.63) is 39.4 Å². The minimum absolute atomic E-state index is 0.157. The molecule has 74 valence electrons. The van der Waals surface area contributed by atoms with Crippen LogP contribution in [0.25, 0.3) is 0 Å². The number of benzene rings is 1. The van der Waals surface area contributed by atoms with Crippen molar-refractivity contribution in [3.63, 3.8) is 0 Å². The van der Waals surface area contributed by atoms with Gasteiger partial charge in [0.2, 0.25) is 0 Å². The van der Waals surface area contributed by atoms with Crippen molar-refractivity contribution in [1.82, 2.24) is 0 Å². The summed E-state index contributed by atoms with van der Waals surface area (Å²) < 4.78 is 0. The van der Waals surface area contributed by atoms with Gasteiger partial charge in [-0.1, -0.05) is 12.1 Å². The third-order valence-electron chi connectivity index (χ3n) is 2.68. The number of hydrogen-bond donors (Lipinski definition) is 1. The highest BCUT2D eigenvalue weighted by molar-refractivity contribution is 5.49. The number of nitro benzene ring substituents is 1. The second kappa shape index (κ2) is 2.78. The molecule has 0 spiro atoms. The van der Waals surface area contributed by atoms with Crippen LogP contribution in [-0.4, -0.2) is 4.92 Å². The van der Waals surface area contributed by atoms with Gasteiger partial charge in [-0.25, -0.2) is 0 Å². The molecule has 4 nitrogen and oxygen atoms in total. The van der Waals surface area contributed by atoms with Crippen LogP contribution in [0.3, 0.4) is 0 Å². The average Bonchev–Trinajstić information content (AvgIpc) is 2.84. The molecule has 0 aromatic heterocycles. The molecule has 0 unspecified atom stereocenters. The molecule has 0 aliphatic heterocycles. The summed E-state index contributed by atoms with van der Waals surface area (Å²) in [7, 11) is 0. The van der Waals surface area contributed by atoms with Gasteiger partial charge < -0.3 is 5.73 Å². The van der Waals surface area contributed by atoms with Gasteiger partial charge >= 0.3 is 0 Å². The molecule has 0 atom stereocenters. The van der Waals surface area contributed by atoms with Crippen LogP contribution in [0.2, 0.25) is 0 Å². The Morgan fingerprint density at radius 2 is 2.14 bits per heavy atom. The lowest BCUT2D eigenvalue weighted by molar-refractivity contribution is -0.385. The zero-order valence-corrected chi connectivity index (χ0v) is 7.99. The summed E-state index contributed by atoms with van der Waals surface area (Å²) in [6.45, 7) is 1.84. The van der Waals surface area contributed by atoms with Crippen molar-refractivity contribution >= 4 is 5.69 Å². The van der Waals surface area contributed by atoms with Crippen molar-refractivity contribution < 1.29 is 4.92 Å². The molecule has 0 amide bonds. The van der Waals surface area contributed by atoms with Crippen LogP contribution in [0.15, 0.2) is 18.2 Å². The molecule has 2 rings (SSSR count). The zero-order chi connectivity index (χ0) is 10.3. The number of nitrogens with zero attached hydrogens (tertiary/aromatic N) is 1. The lowest BCUT2D eigenvalue weighted by atomic mass is 10.0. The number of nitro groups is 1. The maximum absolute atomic E-state index is 10.8. The Kier molecular flexibility index (Phi) is 1.82. The maximum atomic E-state index is 10.8. The third-order valence-corrected chi connectivity index (χ3v) is 2.68. The Morgan fingerprint density at radius 1 is 1.50 bits per heavy atom. The summed E-state index contributed by atoms with van der Waals surface area (Å²) in [5, 5.41) is 10.8. The van der Waals surface area contributed by atoms with E-state index in [2.05, 4.69) is 0 Å². The van der Waals surface area contributed by atoms with Gasteiger partial charge in [0.15, 0.2) is 0 Å². The summed E-state index contributed by atoms with van der Waals surface area (Å²) in [5.74, 6) is 0. The first kappa shape index (κ1) is 9.15. The van der Waals surface area contributed by atoms with E-state index in [1.165, 1.54) is 0 Å². The Balaban J connectivity index is 2.54. The van der Waals surface area contributed by atoms with Crippen LogP contribution < -0.4 is 5.73 Å². The quantitative estimate of drug-likeness (QED) is 0.574. The van der Waals surface area contributed by atoms with E-state index in [-0.39, 0.29) is 10.6 Å². The largest absolute Gasteiger partial charge is 0.321 e. The standard InChI is InChI=1S/C10H12N2O2/c1-7-2-3-8(10(11)4-5-10)9(6-7)12(13)14/h2-3,6H,4-5,11H2,1H3. The van der Waals surface area contributed by atoms with Gasteiger partial charge in [-0.3, -0.25) is 10.1 Å². The number of rotatable bonds is 2. The smallest absolute Gasteiger partial charge is 0.274 e. The summed E-state index contributed by atoms with van der Waals surface area (Å²) in [5.41, 5.74) is 7.24. The first-order valence-electron chi connectivity index (χ1n) is 4.57. The van der Waals surface area contributed by atoms with Crippen molar-refractivity contribution in [2.24, 2.45) is 5.73 Å². The second-order valence-electron chi connectivity index (χ2n) is 3.93. The normalized spacial score (nSPS) is 17.9. The molecule has 1 fully saturated rings. The summed E-state index contributed by atoms with van der Waals surface area (Å²) >= 11 is 0. The Bertz CT molecular complexity index is 397. The van der Waals surface area contributed by atoms with Crippen molar-refractivity contribution in [1.29, 1.82) is 0 Å². The van der Waals surface area contributed by atoms with Crippen LogP contribution in [0.4, 0.5) is 5.69 Å². The predicted octanol–water partition coefficient (Wildman–Crippen LogP) is 1.85. The molecule has 14 heavy (non-hydrogen) atoms. The molecule has 1 aromatic rings. The molecule has 1 aliphatic carbocycles. The first-order valence-corrected chi connectivity index (χ1v) is 4.57. The Morgan fingerprint density at radius 3 is 2.64 bits per heavy atom. The summed E-state index contributed by atoms with van der Waals surface area (Å²) in [6.07, 6.45) is 1.69. The highest BCUT2D eigenvalue weighted by Crippen LogP contribution is 2.46. The van der Waals surface area contributed by atoms with Gasteiger partial charge in [-0.15, -0.1) is 0 Å². The number of hydrogen-bond acceptors (Lipinski definition) is 3. The van der Waals surface area contributed by atoms with E-state index in [9.17, 15) is 10.1 Å². The maximum Gasteiger partial charge on any atom is 0.274 e. The molecule has 1 aliphatic rings. The van der Waals surface area contributed by atoms with Crippen LogP contribution in [0.5, 0.6) is 0 Å². The molecule has 1 aromatic carbocycles. The van der Waals surface area contributed by atoms with Crippen LogP contribution in [0.1, 0.15) is 24.0 Å². The van der Waals surface area contributed by atoms with Crippen LogP contribution >= 0.6 is 0 Å². The minimum Gasteiger partial charge on any atom is -0.321 e. The van der Waals surface area contributed by atoms with Crippen LogP contribution in [0, 0.1) is 17.0 Å². The summed E-state index contributed by atoms with van der Waals surface area (Å²) in [6, 6.07) is 5.23. The molecular weight excluding hydrogens is 180 g/mol. The van der Waals surface area contributed by atoms with Crippen LogP contribution in [-0.2, 0) is 5.54 Å². The Labute approximate surface area is 81.9 Å². The van der Waals surface area contributed by atoms with Gasteiger partial charge in [0, 0.05) is 17.2 Å². The van der Waals surface area contributed by atoms with E-state index >= 15 is 0 Å². The van der Waals surface area contributed by atoms with Crippen molar-refractivity contribution in [3.8, 4) is 0 Å². The highest BCUT2D eigenvalue weighted by Gasteiger charge is 2.44. The van der Waals surface area contributed by atoms with Crippen molar-refractivity contribution in [2.45, 2.75) is 25.3 Å². The molecule has 0 heterocycles. The lowest BCUT2D eigenvalue weighted by Gasteiger charge is -2.09. The van der Waals surface area contributed by atoms with E-state index in [1.807, 2.05) is 13.0 Å². The van der Waals surface area contributed by atoms with E-state index in [4.69, 9.17) is 5.73 Å². The fraction of sp³-hybridized carbons (Fsp3) is 0.400. The monoisotopic (exact) mass is 192 g/mol. The molecule has 1 saturated carbocycles. The van der Waals surface area contributed by atoms with E-state index in [1.54, 1.807) is 12.1 Å². The topological polar surface area (TPSA) is 69.2 Å². The van der Waals surface area contributed by atoms with Gasteiger partial charge in [0.1, 0.15) is 0 Å². The molecule has 0 bridgehead atoms. The first-order chi connectivity index (χ1) is 6.53. The summed E-state index contributed by atoms with van der Waals surface area (Å²) in [4.78, 5) is 10.4. The van der Waals surface area contributed by atoms with E-state index in [0.29, 0.717) is 5.56 Å². The zero-order valence-electron chi connectivity index (χ0n) is 7.99. The average molecular weight is 192 g/mol. The lowest BCUT2D eigenvalue weighted by Crippen LogP contribution is -2.20. The Hall–Kier alpha value is -1.42. The van der Waals surface area contributed by atoms with Gasteiger partial charge in [-0.05, 0) is 25.3 Å². The van der Waals surface area contributed by atoms with Gasteiger partial charge in [-0.2, -0.15) is 0 Å². The van der Waals surface area contributed by atoms with Crippen molar-refractivity contribution in [2.75, 3.05) is 0 Å². The van der Waals surface area contributed by atoms with Gasteiger partial charge in [0.25, 0.3) is 5.69 Å². The van der Waals surface area contributed by atoms with E-state index < -0.39 is 5.54 Å². The predicted molar refractivity (Wildman–Crippen MR) is 52.9 cm³/mol. The second-order valence-corrected chi connectivity index (χ2v) is 3.93. The SMILES string of the molecule is Cc1ccc(C2(N)CC2)c([N+](=O)[O-])c1. The molecule has 2 N–H and O–H groups in total. The van der Waals surface area contributed by atoms with Gasteiger partial charge in [0.05, 0.1) is 4.92 Å². The highest BCUT2D eigenvalue weighted by atomic mass is 16.6. The fourth-order valence-corrected chi connectivity index (χ4v) is 1.62. The fourth-order valence-electron chi connectivity index (χ4n) is 1.62. The third kappa shape index (κ3) is 1.37. The van der Waals surface area contributed by atoms with E-state index in [0.717, 1.165) is 18.4 Å². The molecule has 0 saturated heterocycles. The molecule has 0 radical (unpaired) electrons.